The first kappa shape index (κ1) is 15.9. The smallest absolute Gasteiger partial charge is 0.126 e. The van der Waals surface area contributed by atoms with E-state index < -0.39 is 0 Å². The summed E-state index contributed by atoms with van der Waals surface area (Å²) in [7, 11) is 0. The lowest BCUT2D eigenvalue weighted by Gasteiger charge is -2.39. The van der Waals surface area contributed by atoms with Crippen LogP contribution in [0.3, 0.4) is 0 Å². The van der Waals surface area contributed by atoms with Gasteiger partial charge in [0.1, 0.15) is 11.4 Å². The maximum atomic E-state index is 10.5. The molecule has 0 radical (unpaired) electrons. The van der Waals surface area contributed by atoms with E-state index in [-0.39, 0.29) is 5.60 Å². The molecule has 0 fully saturated rings. The highest BCUT2D eigenvalue weighted by Crippen LogP contribution is 2.44. The first-order chi connectivity index (χ1) is 9.85. The number of hydrogen-bond acceptors (Lipinski definition) is 2. The maximum Gasteiger partial charge on any atom is 0.126 e. The van der Waals surface area contributed by atoms with Gasteiger partial charge in [0.05, 0.1) is 11.8 Å². The third kappa shape index (κ3) is 3.42. The Hall–Kier alpha value is -1.44. The van der Waals surface area contributed by atoms with Gasteiger partial charge in [0, 0.05) is 0 Å². The van der Waals surface area contributed by atoms with E-state index in [1.807, 2.05) is 0 Å². The van der Waals surface area contributed by atoms with Crippen LogP contribution in [0.2, 0.25) is 0 Å². The van der Waals surface area contributed by atoms with Gasteiger partial charge in [-0.3, -0.25) is 0 Å². The Morgan fingerprint density at radius 1 is 1.52 bits per heavy atom. The van der Waals surface area contributed by atoms with E-state index in [1.54, 1.807) is 12.3 Å². The van der Waals surface area contributed by atoms with Gasteiger partial charge in [-0.25, -0.2) is 0 Å². The molecule has 21 heavy (non-hydrogen) atoms. The molecule has 2 nitrogen and oxygen atoms in total. The zero-order valence-electron chi connectivity index (χ0n) is 13.8. The molecular formula is C19H28O2. The van der Waals surface area contributed by atoms with E-state index in [2.05, 4.69) is 34.3 Å². The second kappa shape index (κ2) is 6.13. The van der Waals surface area contributed by atoms with Crippen molar-refractivity contribution in [2.24, 2.45) is 5.92 Å². The third-order valence-corrected chi connectivity index (χ3v) is 4.52. The molecule has 2 aliphatic rings. The molecule has 1 N–H and O–H groups in total. The van der Waals surface area contributed by atoms with Crippen molar-refractivity contribution in [2.45, 2.75) is 65.4 Å². The first-order valence-electron chi connectivity index (χ1n) is 8.04. The summed E-state index contributed by atoms with van der Waals surface area (Å²) < 4.78 is 5.89. The molecule has 0 aromatic carbocycles. The molecule has 1 aliphatic heterocycles. The molecule has 0 amide bonds. The van der Waals surface area contributed by atoms with Crippen LogP contribution in [0.4, 0.5) is 0 Å². The molecule has 0 aromatic heterocycles. The molecule has 116 valence electrons. The summed E-state index contributed by atoms with van der Waals surface area (Å²) in [6.45, 7) is 12.6. The number of allylic oxidation sites excluding steroid dienone is 3. The van der Waals surface area contributed by atoms with Crippen LogP contribution in [0.1, 0.15) is 59.8 Å². The van der Waals surface area contributed by atoms with Crippen molar-refractivity contribution in [3.05, 3.63) is 47.0 Å². The number of aliphatic hydroxyl groups is 1. The van der Waals surface area contributed by atoms with Gasteiger partial charge in [-0.1, -0.05) is 32.4 Å². The van der Waals surface area contributed by atoms with Gasteiger partial charge < -0.3 is 9.84 Å². The van der Waals surface area contributed by atoms with Crippen molar-refractivity contribution in [2.75, 3.05) is 0 Å². The fourth-order valence-corrected chi connectivity index (χ4v) is 3.28. The van der Waals surface area contributed by atoms with Crippen molar-refractivity contribution in [1.29, 1.82) is 0 Å². The second-order valence-electron chi connectivity index (χ2n) is 6.90. The number of rotatable bonds is 4. The number of ether oxygens (including phenoxy) is 1. The van der Waals surface area contributed by atoms with Crippen LogP contribution >= 0.6 is 0 Å². The fraction of sp³-hybridized carbons (Fsp3) is 0.579. The largest absolute Gasteiger partial charge is 0.507 e. The predicted octanol–water partition coefficient (Wildman–Crippen LogP) is 5.59. The number of hydrogen-bond donors (Lipinski definition) is 1. The van der Waals surface area contributed by atoms with Crippen LogP contribution in [0, 0.1) is 5.92 Å². The van der Waals surface area contributed by atoms with E-state index in [4.69, 9.17) is 4.74 Å². The van der Waals surface area contributed by atoms with Crippen LogP contribution in [0.25, 0.3) is 0 Å². The van der Waals surface area contributed by atoms with Gasteiger partial charge in [0.2, 0.25) is 0 Å². The lowest BCUT2D eigenvalue weighted by molar-refractivity contribution is 0.0774. The Morgan fingerprint density at radius 3 is 2.90 bits per heavy atom. The van der Waals surface area contributed by atoms with Gasteiger partial charge in [-0.2, -0.15) is 0 Å². The zero-order chi connectivity index (χ0) is 15.6. The summed E-state index contributed by atoms with van der Waals surface area (Å²) >= 11 is 0. The average Bonchev–Trinajstić information content (AvgIpc) is 2.38. The molecular weight excluding hydrogens is 260 g/mol. The van der Waals surface area contributed by atoms with Gasteiger partial charge in [-0.15, -0.1) is 0 Å². The summed E-state index contributed by atoms with van der Waals surface area (Å²) in [5.74, 6) is 0.957. The topological polar surface area (TPSA) is 29.5 Å². The lowest BCUT2D eigenvalue weighted by atomic mass is 9.75. The highest BCUT2D eigenvalue weighted by atomic mass is 16.5. The van der Waals surface area contributed by atoms with Crippen molar-refractivity contribution in [3.8, 4) is 0 Å². The maximum absolute atomic E-state index is 10.5. The molecule has 1 unspecified atom stereocenters. The summed E-state index contributed by atoms with van der Waals surface area (Å²) in [5, 5.41) is 10.5. The van der Waals surface area contributed by atoms with E-state index in [0.717, 1.165) is 36.8 Å². The fourth-order valence-electron chi connectivity index (χ4n) is 3.28. The van der Waals surface area contributed by atoms with Crippen LogP contribution < -0.4 is 0 Å². The highest BCUT2D eigenvalue weighted by Gasteiger charge is 2.36. The third-order valence-electron chi connectivity index (χ3n) is 4.52. The standard InChI is InChI=1S/C19H28O2/c1-6-7-13(2)11-18(20)16-12-21-19(4,5)17-9-8-14(3)10-15(16)17/h11-12,14,20H,2,6-10H2,1,3-5H3/b18-11+. The highest BCUT2D eigenvalue weighted by molar-refractivity contribution is 5.51. The minimum atomic E-state index is -0.250. The Labute approximate surface area is 128 Å². The van der Waals surface area contributed by atoms with Crippen LogP contribution in [-0.4, -0.2) is 10.7 Å². The van der Waals surface area contributed by atoms with Crippen LogP contribution in [0.5, 0.6) is 0 Å². The molecule has 2 rings (SSSR count). The molecule has 0 aromatic rings. The van der Waals surface area contributed by atoms with Gasteiger partial charge in [-0.05, 0) is 62.7 Å². The summed E-state index contributed by atoms with van der Waals surface area (Å²) in [6, 6.07) is 0. The first-order valence-corrected chi connectivity index (χ1v) is 8.04. The average molecular weight is 288 g/mol. The molecule has 0 saturated heterocycles. The Balaban J connectivity index is 2.34. The van der Waals surface area contributed by atoms with Crippen LogP contribution in [-0.2, 0) is 4.74 Å². The van der Waals surface area contributed by atoms with E-state index >= 15 is 0 Å². The van der Waals surface area contributed by atoms with Crippen LogP contribution in [0.15, 0.2) is 47.0 Å². The van der Waals surface area contributed by atoms with Gasteiger partial charge in [0.15, 0.2) is 0 Å². The quantitative estimate of drug-likeness (QED) is 0.539. The Morgan fingerprint density at radius 2 is 2.24 bits per heavy atom. The van der Waals surface area contributed by atoms with Crippen molar-refractivity contribution < 1.29 is 9.84 Å². The number of aliphatic hydroxyl groups excluding tert-OH is 1. The predicted molar refractivity (Wildman–Crippen MR) is 88.0 cm³/mol. The SMILES string of the molecule is C=C(/C=C(/O)C1=COC(C)(C)C2=C1CC(C)CC2)CCC. The molecule has 0 saturated carbocycles. The summed E-state index contributed by atoms with van der Waals surface area (Å²) in [6.07, 6.45) is 8.76. The molecule has 1 atom stereocenters. The van der Waals surface area contributed by atoms with E-state index in [1.165, 1.54) is 17.6 Å². The molecule has 1 heterocycles. The lowest BCUT2D eigenvalue weighted by Crippen LogP contribution is -2.32. The molecule has 0 spiro atoms. The van der Waals surface area contributed by atoms with Crippen molar-refractivity contribution >= 4 is 0 Å². The minimum Gasteiger partial charge on any atom is -0.507 e. The van der Waals surface area contributed by atoms with Crippen molar-refractivity contribution in [1.82, 2.24) is 0 Å². The molecule has 0 bridgehead atoms. The molecule has 1 aliphatic carbocycles. The Bertz CT molecular complexity index is 518. The van der Waals surface area contributed by atoms with E-state index in [0.29, 0.717) is 11.7 Å². The summed E-state index contributed by atoms with van der Waals surface area (Å²) in [4.78, 5) is 0. The minimum absolute atomic E-state index is 0.250. The van der Waals surface area contributed by atoms with E-state index in [9.17, 15) is 5.11 Å². The van der Waals surface area contributed by atoms with Crippen molar-refractivity contribution in [3.63, 3.8) is 0 Å². The molecule has 2 heteroatoms. The Kier molecular flexibility index (Phi) is 4.65. The summed E-state index contributed by atoms with van der Waals surface area (Å²) in [5.41, 5.74) is 4.20. The monoisotopic (exact) mass is 288 g/mol. The normalized spacial score (nSPS) is 25.0. The van der Waals surface area contributed by atoms with Gasteiger partial charge in [0.25, 0.3) is 0 Å². The zero-order valence-corrected chi connectivity index (χ0v) is 13.8. The second-order valence-corrected chi connectivity index (χ2v) is 6.90. The van der Waals surface area contributed by atoms with Gasteiger partial charge >= 0.3 is 0 Å².